The first-order valence-corrected chi connectivity index (χ1v) is 8.02. The molecular formula is C17H26N2O4. The van der Waals surface area contributed by atoms with Gasteiger partial charge in [-0.1, -0.05) is 38.0 Å². The first kappa shape index (κ1) is 19.0. The summed E-state index contributed by atoms with van der Waals surface area (Å²) < 4.78 is 5.51. The van der Waals surface area contributed by atoms with Crippen LogP contribution in [0.2, 0.25) is 0 Å². The number of benzene rings is 1. The lowest BCUT2D eigenvalue weighted by atomic mass is 10.0. The van der Waals surface area contributed by atoms with Gasteiger partial charge in [-0.15, -0.1) is 0 Å². The Labute approximate surface area is 137 Å². The van der Waals surface area contributed by atoms with Crippen LogP contribution in [-0.2, 0) is 9.59 Å². The van der Waals surface area contributed by atoms with E-state index in [0.717, 1.165) is 25.0 Å². The van der Waals surface area contributed by atoms with Crippen LogP contribution in [0.4, 0.5) is 0 Å². The summed E-state index contributed by atoms with van der Waals surface area (Å²) in [5, 5.41) is 11.2. The Hall–Kier alpha value is -2.08. The summed E-state index contributed by atoms with van der Waals surface area (Å²) in [7, 11) is 0. The minimum Gasteiger partial charge on any atom is -0.492 e. The number of unbranched alkanes of at least 4 members (excludes halogenated alkanes) is 2. The monoisotopic (exact) mass is 322 g/mol. The van der Waals surface area contributed by atoms with Gasteiger partial charge in [-0.05, 0) is 25.0 Å². The highest BCUT2D eigenvalue weighted by Gasteiger charge is 2.11. The molecule has 0 fully saturated rings. The fourth-order valence-corrected chi connectivity index (χ4v) is 2.13. The smallest absolute Gasteiger partial charge is 0.243 e. The van der Waals surface area contributed by atoms with E-state index in [1.165, 1.54) is 0 Å². The molecule has 0 heterocycles. The van der Waals surface area contributed by atoms with E-state index in [1.54, 1.807) is 5.48 Å². The summed E-state index contributed by atoms with van der Waals surface area (Å²) in [6, 6.07) is 9.48. The minimum atomic E-state index is -0.366. The Morgan fingerprint density at radius 1 is 1.17 bits per heavy atom. The lowest BCUT2D eigenvalue weighted by Crippen LogP contribution is -2.32. The van der Waals surface area contributed by atoms with E-state index >= 15 is 0 Å². The van der Waals surface area contributed by atoms with Gasteiger partial charge in [0, 0.05) is 12.3 Å². The lowest BCUT2D eigenvalue weighted by Gasteiger charge is -2.12. The summed E-state index contributed by atoms with van der Waals surface area (Å²) in [6.45, 7) is 2.82. The normalized spacial score (nSPS) is 11.6. The molecule has 1 aromatic rings. The largest absolute Gasteiger partial charge is 0.492 e. The average Bonchev–Trinajstić information content (AvgIpc) is 2.58. The van der Waals surface area contributed by atoms with Gasteiger partial charge in [-0.3, -0.25) is 14.8 Å². The van der Waals surface area contributed by atoms with E-state index in [9.17, 15) is 9.59 Å². The molecule has 128 valence electrons. The molecule has 0 saturated heterocycles. The van der Waals surface area contributed by atoms with Crippen LogP contribution in [0.1, 0.15) is 39.0 Å². The van der Waals surface area contributed by atoms with Gasteiger partial charge in [0.25, 0.3) is 0 Å². The zero-order chi connectivity index (χ0) is 16.9. The maximum atomic E-state index is 11.9. The molecular weight excluding hydrogens is 296 g/mol. The van der Waals surface area contributed by atoms with E-state index in [4.69, 9.17) is 9.94 Å². The molecule has 0 spiro atoms. The maximum absolute atomic E-state index is 11.9. The summed E-state index contributed by atoms with van der Waals surface area (Å²) in [4.78, 5) is 22.7. The number of rotatable bonds is 11. The number of para-hydroxylation sites is 1. The SMILES string of the molecule is CC(CCCCCC(=O)NO)C(=O)NCCOc1ccccc1. The Kier molecular flexibility index (Phi) is 9.47. The van der Waals surface area contributed by atoms with Crippen LogP contribution >= 0.6 is 0 Å². The second-order valence-electron chi connectivity index (χ2n) is 5.49. The van der Waals surface area contributed by atoms with Crippen molar-refractivity contribution < 1.29 is 19.5 Å². The number of ether oxygens (including phenoxy) is 1. The van der Waals surface area contributed by atoms with Crippen LogP contribution in [0.3, 0.4) is 0 Å². The molecule has 6 nitrogen and oxygen atoms in total. The van der Waals surface area contributed by atoms with E-state index in [2.05, 4.69) is 5.32 Å². The van der Waals surface area contributed by atoms with E-state index in [1.807, 2.05) is 37.3 Å². The van der Waals surface area contributed by atoms with Crippen molar-refractivity contribution in [3.8, 4) is 5.75 Å². The molecule has 23 heavy (non-hydrogen) atoms. The van der Waals surface area contributed by atoms with E-state index in [-0.39, 0.29) is 17.7 Å². The maximum Gasteiger partial charge on any atom is 0.243 e. The molecule has 0 aromatic heterocycles. The van der Waals surface area contributed by atoms with Crippen molar-refractivity contribution in [1.29, 1.82) is 0 Å². The highest BCUT2D eigenvalue weighted by atomic mass is 16.5. The molecule has 1 rings (SSSR count). The average molecular weight is 322 g/mol. The number of carbonyl (C=O) groups is 2. The van der Waals surface area contributed by atoms with Gasteiger partial charge in [0.05, 0.1) is 6.54 Å². The Balaban J connectivity index is 2.04. The molecule has 0 aliphatic carbocycles. The standard InChI is InChI=1S/C17H26N2O4/c1-14(8-4-2-7-11-16(20)19-22)17(21)18-12-13-23-15-9-5-3-6-10-15/h3,5-6,9-10,14,22H,2,4,7-8,11-13H2,1H3,(H,18,21)(H,19,20). The number of hydrogen-bond acceptors (Lipinski definition) is 4. The van der Waals surface area contributed by atoms with Crippen molar-refractivity contribution in [1.82, 2.24) is 10.8 Å². The third kappa shape index (κ3) is 8.83. The van der Waals surface area contributed by atoms with E-state index < -0.39 is 0 Å². The van der Waals surface area contributed by atoms with Crippen LogP contribution < -0.4 is 15.5 Å². The van der Waals surface area contributed by atoms with Gasteiger partial charge in [0.15, 0.2) is 0 Å². The van der Waals surface area contributed by atoms with Crippen LogP contribution in [0.25, 0.3) is 0 Å². The summed E-state index contributed by atoms with van der Waals surface area (Å²) >= 11 is 0. The van der Waals surface area contributed by atoms with E-state index in [0.29, 0.717) is 26.0 Å². The zero-order valence-corrected chi connectivity index (χ0v) is 13.6. The van der Waals surface area contributed by atoms with Crippen LogP contribution in [-0.4, -0.2) is 30.2 Å². The van der Waals surface area contributed by atoms with Gasteiger partial charge >= 0.3 is 0 Å². The number of hydrogen-bond donors (Lipinski definition) is 3. The third-order valence-electron chi connectivity index (χ3n) is 3.53. The van der Waals surface area contributed by atoms with Crippen molar-refractivity contribution >= 4 is 11.8 Å². The van der Waals surface area contributed by atoms with Crippen molar-refractivity contribution in [2.24, 2.45) is 5.92 Å². The lowest BCUT2D eigenvalue weighted by molar-refractivity contribution is -0.129. The zero-order valence-electron chi connectivity index (χ0n) is 13.6. The van der Waals surface area contributed by atoms with Crippen molar-refractivity contribution in [3.63, 3.8) is 0 Å². The first-order chi connectivity index (χ1) is 11.1. The number of nitrogens with one attached hydrogen (secondary N) is 2. The topological polar surface area (TPSA) is 87.7 Å². The highest BCUT2D eigenvalue weighted by Crippen LogP contribution is 2.11. The molecule has 0 aliphatic heterocycles. The molecule has 0 aliphatic rings. The number of amides is 2. The fraction of sp³-hybridized carbons (Fsp3) is 0.529. The highest BCUT2D eigenvalue weighted by molar-refractivity contribution is 5.78. The van der Waals surface area contributed by atoms with Gasteiger partial charge in [-0.25, -0.2) is 5.48 Å². The number of hydroxylamine groups is 1. The molecule has 3 N–H and O–H groups in total. The Morgan fingerprint density at radius 2 is 1.91 bits per heavy atom. The summed E-state index contributed by atoms with van der Waals surface area (Å²) in [6.07, 6.45) is 3.56. The molecule has 0 bridgehead atoms. The molecule has 6 heteroatoms. The molecule has 1 aromatic carbocycles. The van der Waals surface area contributed by atoms with Crippen LogP contribution in [0.5, 0.6) is 5.75 Å². The molecule has 0 radical (unpaired) electrons. The number of carbonyl (C=O) groups excluding carboxylic acids is 2. The second-order valence-corrected chi connectivity index (χ2v) is 5.49. The van der Waals surface area contributed by atoms with Crippen molar-refractivity contribution in [3.05, 3.63) is 30.3 Å². The predicted octanol–water partition coefficient (Wildman–Crippen LogP) is 2.27. The van der Waals surface area contributed by atoms with Crippen LogP contribution in [0, 0.1) is 5.92 Å². The summed E-state index contributed by atoms with van der Waals surface area (Å²) in [5.41, 5.74) is 1.61. The molecule has 2 amide bonds. The second kappa shape index (κ2) is 11.5. The molecule has 1 unspecified atom stereocenters. The third-order valence-corrected chi connectivity index (χ3v) is 3.53. The van der Waals surface area contributed by atoms with Crippen LogP contribution in [0.15, 0.2) is 30.3 Å². The van der Waals surface area contributed by atoms with Gasteiger partial charge < -0.3 is 10.1 Å². The fourth-order valence-electron chi connectivity index (χ4n) is 2.13. The van der Waals surface area contributed by atoms with Gasteiger partial charge in [-0.2, -0.15) is 0 Å². The van der Waals surface area contributed by atoms with Crippen molar-refractivity contribution in [2.75, 3.05) is 13.2 Å². The molecule has 0 saturated carbocycles. The minimum absolute atomic E-state index is 0.0229. The quantitative estimate of drug-likeness (QED) is 0.331. The first-order valence-electron chi connectivity index (χ1n) is 8.02. The summed E-state index contributed by atoms with van der Waals surface area (Å²) in [5.74, 6) is 0.393. The van der Waals surface area contributed by atoms with Gasteiger partial charge in [0.2, 0.25) is 11.8 Å². The molecule has 1 atom stereocenters. The Morgan fingerprint density at radius 3 is 2.61 bits per heavy atom. The Bertz CT molecular complexity index is 465. The predicted molar refractivity (Wildman–Crippen MR) is 87.1 cm³/mol. The van der Waals surface area contributed by atoms with Crippen molar-refractivity contribution in [2.45, 2.75) is 39.0 Å². The van der Waals surface area contributed by atoms with Gasteiger partial charge in [0.1, 0.15) is 12.4 Å².